The van der Waals surface area contributed by atoms with Crippen LogP contribution in [0.2, 0.25) is 5.02 Å². The second-order valence-electron chi connectivity index (χ2n) is 4.13. The van der Waals surface area contributed by atoms with Crippen molar-refractivity contribution in [3.8, 4) is 0 Å². The lowest BCUT2D eigenvalue weighted by atomic mass is 10.1. The van der Waals surface area contributed by atoms with Gasteiger partial charge >= 0.3 is 0 Å². The lowest BCUT2D eigenvalue weighted by Crippen LogP contribution is -2.33. The molecule has 0 saturated carbocycles. The van der Waals surface area contributed by atoms with Crippen LogP contribution in [0.25, 0.3) is 0 Å². The molecule has 4 heteroatoms. The molecule has 0 aliphatic carbocycles. The molecule has 0 spiro atoms. The van der Waals surface area contributed by atoms with Gasteiger partial charge in [0.1, 0.15) is 5.82 Å². The lowest BCUT2D eigenvalue weighted by Gasteiger charge is -2.13. The number of nitrogens with one attached hydrogen (secondary N) is 1. The van der Waals surface area contributed by atoms with Crippen molar-refractivity contribution in [1.29, 1.82) is 0 Å². The van der Waals surface area contributed by atoms with E-state index in [0.29, 0.717) is 5.02 Å². The Labute approximate surface area is 106 Å². The molecule has 17 heavy (non-hydrogen) atoms. The summed E-state index contributed by atoms with van der Waals surface area (Å²) >= 11 is 5.85. The lowest BCUT2D eigenvalue weighted by molar-refractivity contribution is -0.121. The summed E-state index contributed by atoms with van der Waals surface area (Å²) in [6.45, 7) is 3.99. The fourth-order valence-corrected chi connectivity index (χ4v) is 1.92. The molecule has 0 heterocycles. The number of hydrogen-bond acceptors (Lipinski definition) is 1. The third-order valence-electron chi connectivity index (χ3n) is 2.53. The predicted molar refractivity (Wildman–Crippen MR) is 67.6 cm³/mol. The zero-order valence-corrected chi connectivity index (χ0v) is 10.9. The van der Waals surface area contributed by atoms with Crippen LogP contribution < -0.4 is 5.32 Å². The van der Waals surface area contributed by atoms with Crippen LogP contribution in [0.3, 0.4) is 0 Å². The maximum atomic E-state index is 13.4. The maximum Gasteiger partial charge on any atom is 0.224 e. The van der Waals surface area contributed by atoms with Crippen LogP contribution in [0.15, 0.2) is 18.2 Å². The highest BCUT2D eigenvalue weighted by atomic mass is 35.5. The summed E-state index contributed by atoms with van der Waals surface area (Å²) in [5.41, 5.74) is 0.260. The van der Waals surface area contributed by atoms with Crippen molar-refractivity contribution in [2.24, 2.45) is 0 Å². The Morgan fingerprint density at radius 3 is 2.82 bits per heavy atom. The molecule has 1 N–H and O–H groups in total. The highest BCUT2D eigenvalue weighted by Gasteiger charge is 2.13. The molecule has 1 amide bonds. The van der Waals surface area contributed by atoms with Crippen molar-refractivity contribution in [1.82, 2.24) is 5.32 Å². The van der Waals surface area contributed by atoms with Gasteiger partial charge in [0.2, 0.25) is 5.91 Å². The number of carbonyl (C=O) groups excluding carboxylic acids is 1. The van der Waals surface area contributed by atoms with E-state index in [-0.39, 0.29) is 23.9 Å². The smallest absolute Gasteiger partial charge is 0.224 e. The van der Waals surface area contributed by atoms with Gasteiger partial charge in [-0.25, -0.2) is 4.39 Å². The summed E-state index contributed by atoms with van der Waals surface area (Å²) in [6.07, 6.45) is 1.90. The number of amides is 1. The van der Waals surface area contributed by atoms with Crippen LogP contribution in [0.4, 0.5) is 4.39 Å². The van der Waals surface area contributed by atoms with Crippen molar-refractivity contribution in [2.45, 2.75) is 39.2 Å². The van der Waals surface area contributed by atoms with E-state index in [2.05, 4.69) is 12.2 Å². The van der Waals surface area contributed by atoms with Crippen molar-refractivity contribution < 1.29 is 9.18 Å². The van der Waals surface area contributed by atoms with Crippen LogP contribution in [-0.4, -0.2) is 11.9 Å². The summed E-state index contributed by atoms with van der Waals surface area (Å²) in [6, 6.07) is 4.53. The fourth-order valence-electron chi connectivity index (χ4n) is 1.69. The highest BCUT2D eigenvalue weighted by molar-refractivity contribution is 6.31. The minimum atomic E-state index is -0.434. The van der Waals surface area contributed by atoms with Crippen LogP contribution in [0.5, 0.6) is 0 Å². The van der Waals surface area contributed by atoms with E-state index in [1.807, 2.05) is 6.92 Å². The molecular formula is C13H17ClFNO. The average molecular weight is 258 g/mol. The van der Waals surface area contributed by atoms with E-state index in [0.717, 1.165) is 12.8 Å². The van der Waals surface area contributed by atoms with Gasteiger partial charge in [-0.1, -0.05) is 31.0 Å². The topological polar surface area (TPSA) is 29.1 Å². The third-order valence-corrected chi connectivity index (χ3v) is 2.88. The first-order valence-corrected chi connectivity index (χ1v) is 6.14. The van der Waals surface area contributed by atoms with E-state index in [1.165, 1.54) is 12.1 Å². The molecule has 0 saturated heterocycles. The second-order valence-corrected chi connectivity index (χ2v) is 4.54. The second kappa shape index (κ2) is 6.60. The quantitative estimate of drug-likeness (QED) is 0.861. The van der Waals surface area contributed by atoms with Crippen molar-refractivity contribution in [3.63, 3.8) is 0 Å². The van der Waals surface area contributed by atoms with E-state index < -0.39 is 5.82 Å². The van der Waals surface area contributed by atoms with Gasteiger partial charge in [0, 0.05) is 16.6 Å². The zero-order chi connectivity index (χ0) is 12.8. The minimum absolute atomic E-state index is 0.0143. The first-order valence-electron chi connectivity index (χ1n) is 5.76. The first-order chi connectivity index (χ1) is 8.04. The summed E-state index contributed by atoms with van der Waals surface area (Å²) in [5, 5.41) is 3.11. The number of rotatable bonds is 5. The average Bonchev–Trinajstić information content (AvgIpc) is 2.24. The van der Waals surface area contributed by atoms with Gasteiger partial charge in [0.25, 0.3) is 0 Å². The molecule has 0 radical (unpaired) electrons. The molecule has 2 nitrogen and oxygen atoms in total. The molecule has 0 aromatic heterocycles. The van der Waals surface area contributed by atoms with Crippen LogP contribution in [-0.2, 0) is 11.2 Å². The molecule has 94 valence electrons. The number of hydrogen-bond donors (Lipinski definition) is 1. The normalized spacial score (nSPS) is 12.2. The molecule has 1 rings (SSSR count). The molecule has 0 aliphatic heterocycles. The van der Waals surface area contributed by atoms with Gasteiger partial charge in [-0.15, -0.1) is 0 Å². The molecule has 0 unspecified atom stereocenters. The first kappa shape index (κ1) is 14.0. The van der Waals surface area contributed by atoms with Crippen molar-refractivity contribution in [3.05, 3.63) is 34.6 Å². The summed E-state index contributed by atoms with van der Waals surface area (Å²) in [7, 11) is 0. The molecule has 1 aromatic rings. The molecule has 0 fully saturated rings. The van der Waals surface area contributed by atoms with Crippen LogP contribution in [0.1, 0.15) is 32.3 Å². The van der Waals surface area contributed by atoms with Gasteiger partial charge in [-0.3, -0.25) is 4.79 Å². The summed E-state index contributed by atoms with van der Waals surface area (Å²) in [4.78, 5) is 11.7. The monoisotopic (exact) mass is 257 g/mol. The Balaban J connectivity index is 2.62. The van der Waals surface area contributed by atoms with Gasteiger partial charge in [0.15, 0.2) is 0 Å². The molecular weight excluding hydrogens is 241 g/mol. The Hall–Kier alpha value is -1.09. The summed E-state index contributed by atoms with van der Waals surface area (Å²) in [5.74, 6) is -0.631. The largest absolute Gasteiger partial charge is 0.353 e. The van der Waals surface area contributed by atoms with Crippen molar-refractivity contribution in [2.75, 3.05) is 0 Å². The van der Waals surface area contributed by atoms with Crippen molar-refractivity contribution >= 4 is 17.5 Å². The third kappa shape index (κ3) is 4.35. The number of carbonyl (C=O) groups is 1. The van der Waals surface area contributed by atoms with Crippen LogP contribution in [0, 0.1) is 5.82 Å². The minimum Gasteiger partial charge on any atom is -0.353 e. The molecule has 1 atom stereocenters. The Morgan fingerprint density at radius 2 is 2.24 bits per heavy atom. The summed E-state index contributed by atoms with van der Waals surface area (Å²) < 4.78 is 13.4. The SMILES string of the molecule is CCC[C@H](C)NC(=O)Cc1c(F)cccc1Cl. The van der Waals surface area contributed by atoms with E-state index in [4.69, 9.17) is 11.6 Å². The molecule has 0 aliphatic rings. The van der Waals surface area contributed by atoms with E-state index in [9.17, 15) is 9.18 Å². The van der Waals surface area contributed by atoms with Gasteiger partial charge in [-0.05, 0) is 25.5 Å². The Morgan fingerprint density at radius 1 is 1.53 bits per heavy atom. The predicted octanol–water partition coefficient (Wildman–Crippen LogP) is 3.33. The maximum absolute atomic E-state index is 13.4. The van der Waals surface area contributed by atoms with E-state index >= 15 is 0 Å². The zero-order valence-electron chi connectivity index (χ0n) is 10.1. The van der Waals surface area contributed by atoms with Gasteiger partial charge < -0.3 is 5.32 Å². The standard InChI is InChI=1S/C13H17ClFNO/c1-3-5-9(2)16-13(17)8-10-11(14)6-4-7-12(10)15/h4,6-7,9H,3,5,8H2,1-2H3,(H,16,17)/t9-/m0/s1. The Bertz CT molecular complexity index is 375. The number of benzene rings is 1. The molecule has 1 aromatic carbocycles. The number of halogens is 2. The molecule has 0 bridgehead atoms. The van der Waals surface area contributed by atoms with Gasteiger partial charge in [0.05, 0.1) is 6.42 Å². The fraction of sp³-hybridized carbons (Fsp3) is 0.462. The Kier molecular flexibility index (Phi) is 5.42. The van der Waals surface area contributed by atoms with E-state index in [1.54, 1.807) is 6.07 Å². The van der Waals surface area contributed by atoms with Gasteiger partial charge in [-0.2, -0.15) is 0 Å². The highest BCUT2D eigenvalue weighted by Crippen LogP contribution is 2.19. The van der Waals surface area contributed by atoms with Crippen LogP contribution >= 0.6 is 11.6 Å².